The smallest absolute Gasteiger partial charge is 0.254 e. The Morgan fingerprint density at radius 2 is 2.17 bits per heavy atom. The first kappa shape index (κ1) is 16.2. The molecule has 0 saturated heterocycles. The van der Waals surface area contributed by atoms with E-state index in [4.69, 9.17) is 5.73 Å². The van der Waals surface area contributed by atoms with Crippen LogP contribution in [0.2, 0.25) is 0 Å². The lowest BCUT2D eigenvalue weighted by Gasteiger charge is -2.27. The number of nitrogens with zero attached hydrogens (tertiary/aromatic N) is 3. The predicted molar refractivity (Wildman–Crippen MR) is 92.7 cm³/mol. The van der Waals surface area contributed by atoms with Crippen LogP contribution in [0.3, 0.4) is 0 Å². The molecule has 126 valence electrons. The topological polar surface area (TPSA) is 106 Å². The van der Waals surface area contributed by atoms with Gasteiger partial charge in [0.15, 0.2) is 5.82 Å². The number of rotatable bonds is 4. The number of carbonyl (C=O) groups is 1. The van der Waals surface area contributed by atoms with E-state index in [0.29, 0.717) is 24.2 Å². The summed E-state index contributed by atoms with van der Waals surface area (Å²) in [6.07, 6.45) is 3.17. The minimum Gasteiger partial charge on any atom is -0.393 e. The standard InChI is InChI=1S/C17H21N5O2/c1-19-14-8-7-12(23)9-15(14)22-10-13(16(18)24)17(21-22)20-11-5-3-2-4-6-11/h2-6,10,12,15,23H,7-9H2,1H3,(H2,18,24)(H,20,21). The molecule has 1 fully saturated rings. The van der Waals surface area contributed by atoms with Gasteiger partial charge >= 0.3 is 0 Å². The number of aliphatic imine (C=N–C) groups is 1. The van der Waals surface area contributed by atoms with Crippen LogP contribution >= 0.6 is 0 Å². The van der Waals surface area contributed by atoms with Crippen LogP contribution in [0, 0.1) is 0 Å². The van der Waals surface area contributed by atoms with Crippen LogP contribution < -0.4 is 11.1 Å². The second-order valence-corrected chi connectivity index (χ2v) is 5.89. The molecule has 24 heavy (non-hydrogen) atoms. The van der Waals surface area contributed by atoms with Gasteiger partial charge in [0, 0.05) is 31.1 Å². The lowest BCUT2D eigenvalue weighted by Crippen LogP contribution is -2.30. The van der Waals surface area contributed by atoms with Gasteiger partial charge in [-0.15, -0.1) is 0 Å². The van der Waals surface area contributed by atoms with Crippen LogP contribution in [-0.2, 0) is 0 Å². The molecule has 2 atom stereocenters. The average molecular weight is 327 g/mol. The summed E-state index contributed by atoms with van der Waals surface area (Å²) in [4.78, 5) is 16.1. The molecule has 4 N–H and O–H groups in total. The van der Waals surface area contributed by atoms with Crippen molar-refractivity contribution in [3.63, 3.8) is 0 Å². The molecule has 0 bridgehead atoms. The van der Waals surface area contributed by atoms with Crippen molar-refractivity contribution >= 4 is 23.1 Å². The molecule has 1 aromatic carbocycles. The average Bonchev–Trinajstić information content (AvgIpc) is 2.99. The SMILES string of the molecule is CN=C1CCC(O)CC1n1cc(C(N)=O)c(Nc2ccccc2)n1. The number of benzene rings is 1. The second-order valence-electron chi connectivity index (χ2n) is 5.89. The number of aliphatic hydroxyl groups excluding tert-OH is 1. The number of carbonyl (C=O) groups excluding carboxylic acids is 1. The Balaban J connectivity index is 1.95. The number of nitrogens with two attached hydrogens (primary N) is 1. The molecule has 7 nitrogen and oxygen atoms in total. The zero-order valence-electron chi connectivity index (χ0n) is 13.5. The van der Waals surface area contributed by atoms with Gasteiger partial charge in [0.1, 0.15) is 5.56 Å². The van der Waals surface area contributed by atoms with Gasteiger partial charge < -0.3 is 16.2 Å². The summed E-state index contributed by atoms with van der Waals surface area (Å²) >= 11 is 0. The maximum Gasteiger partial charge on any atom is 0.254 e. The lowest BCUT2D eigenvalue weighted by molar-refractivity contribution is 0.100. The summed E-state index contributed by atoms with van der Waals surface area (Å²) in [5, 5.41) is 17.6. The van der Waals surface area contributed by atoms with Gasteiger partial charge in [0.2, 0.25) is 0 Å². The van der Waals surface area contributed by atoms with Crippen molar-refractivity contribution in [2.45, 2.75) is 31.4 Å². The molecule has 1 amide bonds. The summed E-state index contributed by atoms with van der Waals surface area (Å²) in [7, 11) is 1.74. The van der Waals surface area contributed by atoms with E-state index in [-0.39, 0.29) is 6.04 Å². The fourth-order valence-electron chi connectivity index (χ4n) is 3.00. The molecule has 0 radical (unpaired) electrons. The molecule has 1 saturated carbocycles. The molecule has 2 unspecified atom stereocenters. The van der Waals surface area contributed by atoms with E-state index in [2.05, 4.69) is 15.4 Å². The molecule has 1 aliphatic carbocycles. The van der Waals surface area contributed by atoms with E-state index in [1.165, 1.54) is 0 Å². The third-order valence-electron chi connectivity index (χ3n) is 4.25. The molecule has 1 aliphatic rings. The predicted octanol–water partition coefficient (Wildman–Crippen LogP) is 1.88. The Kier molecular flexibility index (Phi) is 4.61. The van der Waals surface area contributed by atoms with Crippen LogP contribution in [0.15, 0.2) is 41.5 Å². The van der Waals surface area contributed by atoms with E-state index in [1.54, 1.807) is 17.9 Å². The lowest BCUT2D eigenvalue weighted by atomic mass is 9.91. The molecular formula is C17H21N5O2. The van der Waals surface area contributed by atoms with Crippen LogP contribution in [-0.4, -0.2) is 39.7 Å². The van der Waals surface area contributed by atoms with Gasteiger partial charge in [-0.05, 0) is 25.0 Å². The summed E-state index contributed by atoms with van der Waals surface area (Å²) in [6.45, 7) is 0. The van der Waals surface area contributed by atoms with Crippen LogP contribution in [0.5, 0.6) is 0 Å². The van der Waals surface area contributed by atoms with Crippen molar-refractivity contribution in [3.05, 3.63) is 42.1 Å². The van der Waals surface area contributed by atoms with Gasteiger partial charge in [-0.25, -0.2) is 0 Å². The minimum absolute atomic E-state index is 0.164. The van der Waals surface area contributed by atoms with Crippen molar-refractivity contribution in [3.8, 4) is 0 Å². The number of primary amides is 1. The fraction of sp³-hybridized carbons (Fsp3) is 0.353. The zero-order valence-corrected chi connectivity index (χ0v) is 13.5. The zero-order chi connectivity index (χ0) is 17.1. The highest BCUT2D eigenvalue weighted by Crippen LogP contribution is 2.29. The third kappa shape index (κ3) is 3.30. The van der Waals surface area contributed by atoms with Crippen LogP contribution in [0.25, 0.3) is 0 Å². The van der Waals surface area contributed by atoms with Gasteiger partial charge in [0.25, 0.3) is 5.91 Å². The number of anilines is 2. The van der Waals surface area contributed by atoms with Gasteiger partial charge in [0.05, 0.1) is 12.1 Å². The van der Waals surface area contributed by atoms with E-state index < -0.39 is 12.0 Å². The Morgan fingerprint density at radius 3 is 2.83 bits per heavy atom. The second kappa shape index (κ2) is 6.84. The monoisotopic (exact) mass is 327 g/mol. The van der Waals surface area contributed by atoms with E-state index in [0.717, 1.165) is 17.8 Å². The van der Waals surface area contributed by atoms with Crippen molar-refractivity contribution in [1.29, 1.82) is 0 Å². The fourth-order valence-corrected chi connectivity index (χ4v) is 3.00. The normalized spacial score (nSPS) is 22.5. The van der Waals surface area contributed by atoms with Crippen molar-refractivity contribution in [2.75, 3.05) is 12.4 Å². The van der Waals surface area contributed by atoms with Gasteiger partial charge in [-0.2, -0.15) is 5.10 Å². The summed E-state index contributed by atoms with van der Waals surface area (Å²) < 4.78 is 1.68. The highest BCUT2D eigenvalue weighted by Gasteiger charge is 2.29. The molecular weight excluding hydrogens is 306 g/mol. The first-order valence-corrected chi connectivity index (χ1v) is 7.93. The first-order valence-electron chi connectivity index (χ1n) is 7.93. The van der Waals surface area contributed by atoms with E-state index >= 15 is 0 Å². The van der Waals surface area contributed by atoms with Gasteiger partial charge in [-0.3, -0.25) is 14.5 Å². The van der Waals surface area contributed by atoms with Crippen molar-refractivity contribution in [1.82, 2.24) is 9.78 Å². The number of amides is 1. The molecule has 1 aromatic heterocycles. The van der Waals surface area contributed by atoms with E-state index in [1.807, 2.05) is 30.3 Å². The summed E-state index contributed by atoms with van der Waals surface area (Å²) in [5.74, 6) is -0.143. The third-order valence-corrected chi connectivity index (χ3v) is 4.25. The molecule has 7 heteroatoms. The summed E-state index contributed by atoms with van der Waals surface area (Å²) in [6, 6.07) is 9.29. The highest BCUT2D eigenvalue weighted by molar-refractivity contribution is 5.98. The molecule has 0 aliphatic heterocycles. The molecule has 2 aromatic rings. The number of aliphatic hydroxyl groups is 1. The Labute approximate surface area is 140 Å². The molecule has 1 heterocycles. The summed E-state index contributed by atoms with van der Waals surface area (Å²) in [5.41, 5.74) is 7.59. The number of aromatic nitrogens is 2. The Bertz CT molecular complexity index is 754. The van der Waals surface area contributed by atoms with Crippen LogP contribution in [0.1, 0.15) is 35.7 Å². The highest BCUT2D eigenvalue weighted by atomic mass is 16.3. The minimum atomic E-state index is -0.550. The maximum atomic E-state index is 11.8. The van der Waals surface area contributed by atoms with E-state index in [9.17, 15) is 9.90 Å². The first-order chi connectivity index (χ1) is 11.6. The molecule has 3 rings (SSSR count). The van der Waals surface area contributed by atoms with Crippen LogP contribution in [0.4, 0.5) is 11.5 Å². The van der Waals surface area contributed by atoms with Crippen molar-refractivity contribution in [2.24, 2.45) is 10.7 Å². The number of hydrogen-bond acceptors (Lipinski definition) is 5. The largest absolute Gasteiger partial charge is 0.393 e. The number of para-hydroxylation sites is 1. The Hall–Kier alpha value is -2.67. The molecule has 0 spiro atoms. The Morgan fingerprint density at radius 1 is 1.42 bits per heavy atom. The van der Waals surface area contributed by atoms with Crippen molar-refractivity contribution < 1.29 is 9.90 Å². The quantitative estimate of drug-likeness (QED) is 0.797. The maximum absolute atomic E-state index is 11.8. The number of hydrogen-bond donors (Lipinski definition) is 3. The number of nitrogens with one attached hydrogen (secondary N) is 1. The van der Waals surface area contributed by atoms with Gasteiger partial charge in [-0.1, -0.05) is 18.2 Å².